The van der Waals surface area contributed by atoms with E-state index in [0.29, 0.717) is 12.2 Å². The number of epoxide rings is 1. The van der Waals surface area contributed by atoms with Crippen LogP contribution in [0, 0.1) is 0 Å². The van der Waals surface area contributed by atoms with Crippen molar-refractivity contribution in [3.05, 3.63) is 29.3 Å². The van der Waals surface area contributed by atoms with Crippen molar-refractivity contribution in [1.29, 1.82) is 0 Å². The first kappa shape index (κ1) is 8.92. The number of fused-ring (bicyclic) bond motifs is 2. The molecule has 0 spiro atoms. The van der Waals surface area contributed by atoms with Crippen LogP contribution in [0.15, 0.2) is 18.2 Å². The molecule has 1 aliphatic carbocycles. The molecule has 1 N–H and O–H groups in total. The van der Waals surface area contributed by atoms with Gasteiger partial charge in [-0.3, -0.25) is 4.79 Å². The Labute approximate surface area is 88.4 Å². The van der Waals surface area contributed by atoms with Crippen LogP contribution in [0.4, 0.5) is 5.69 Å². The van der Waals surface area contributed by atoms with E-state index in [1.54, 1.807) is 6.92 Å². The minimum Gasteiger partial charge on any atom is -0.369 e. The summed E-state index contributed by atoms with van der Waals surface area (Å²) in [4.78, 5) is 11.0. The number of amides is 1. The maximum Gasteiger partial charge on any atom is 0.221 e. The lowest BCUT2D eigenvalue weighted by Crippen LogP contribution is -2.16. The van der Waals surface area contributed by atoms with E-state index in [-0.39, 0.29) is 5.91 Å². The highest BCUT2D eigenvalue weighted by Gasteiger charge is 2.43. The standard InChI is InChI=1S/C12H13NO2/c1-7(14)13-10-4-2-3-8-5-11-12(15-11)6-9(8)10/h2-4,11-12H,5-6H2,1H3,(H,13,14)/t11-,12-/m0/s1. The van der Waals surface area contributed by atoms with Crippen LogP contribution in [0.25, 0.3) is 0 Å². The van der Waals surface area contributed by atoms with Crippen LogP contribution >= 0.6 is 0 Å². The molecule has 2 atom stereocenters. The van der Waals surface area contributed by atoms with E-state index in [4.69, 9.17) is 4.74 Å². The molecule has 78 valence electrons. The number of hydrogen-bond donors (Lipinski definition) is 1. The number of hydrogen-bond acceptors (Lipinski definition) is 2. The Bertz CT molecular complexity index is 428. The molecule has 1 fully saturated rings. The van der Waals surface area contributed by atoms with Gasteiger partial charge in [0.15, 0.2) is 0 Å². The van der Waals surface area contributed by atoms with Gasteiger partial charge in [-0.15, -0.1) is 0 Å². The molecule has 1 saturated heterocycles. The molecule has 0 aromatic heterocycles. The molecule has 0 saturated carbocycles. The largest absolute Gasteiger partial charge is 0.369 e. The topological polar surface area (TPSA) is 41.6 Å². The van der Waals surface area contributed by atoms with Crippen molar-refractivity contribution in [3.8, 4) is 0 Å². The van der Waals surface area contributed by atoms with Gasteiger partial charge < -0.3 is 10.1 Å². The first-order valence-electron chi connectivity index (χ1n) is 5.28. The summed E-state index contributed by atoms with van der Waals surface area (Å²) in [5.41, 5.74) is 3.53. The van der Waals surface area contributed by atoms with Crippen molar-refractivity contribution in [2.24, 2.45) is 0 Å². The minimum absolute atomic E-state index is 0.0118. The molecule has 0 unspecified atom stereocenters. The maximum atomic E-state index is 11.0. The fraction of sp³-hybridized carbons (Fsp3) is 0.417. The number of nitrogens with one attached hydrogen (secondary N) is 1. The molecule has 1 aromatic rings. The minimum atomic E-state index is -0.0118. The van der Waals surface area contributed by atoms with Crippen LogP contribution < -0.4 is 5.32 Å². The molecule has 3 nitrogen and oxygen atoms in total. The third-order valence-corrected chi connectivity index (χ3v) is 3.10. The Morgan fingerprint density at radius 1 is 1.40 bits per heavy atom. The number of ether oxygens (including phenoxy) is 1. The average molecular weight is 203 g/mol. The van der Waals surface area contributed by atoms with Crippen molar-refractivity contribution < 1.29 is 9.53 Å². The molecule has 0 radical (unpaired) electrons. The van der Waals surface area contributed by atoms with E-state index in [1.807, 2.05) is 12.1 Å². The Morgan fingerprint density at radius 3 is 3.00 bits per heavy atom. The molecular formula is C12H13NO2. The lowest BCUT2D eigenvalue weighted by atomic mass is 9.90. The summed E-state index contributed by atoms with van der Waals surface area (Å²) >= 11 is 0. The summed E-state index contributed by atoms with van der Waals surface area (Å²) < 4.78 is 5.51. The Kier molecular flexibility index (Phi) is 1.83. The third-order valence-electron chi connectivity index (χ3n) is 3.10. The highest BCUT2D eigenvalue weighted by Crippen LogP contribution is 2.38. The van der Waals surface area contributed by atoms with Crippen LogP contribution in [0.2, 0.25) is 0 Å². The zero-order valence-electron chi connectivity index (χ0n) is 8.62. The number of anilines is 1. The van der Waals surface area contributed by atoms with Crippen molar-refractivity contribution >= 4 is 11.6 Å². The molecule has 3 rings (SSSR count). The van der Waals surface area contributed by atoms with Crippen molar-refractivity contribution in [2.45, 2.75) is 32.0 Å². The summed E-state index contributed by atoms with van der Waals surface area (Å²) in [7, 11) is 0. The molecule has 0 bridgehead atoms. The van der Waals surface area contributed by atoms with Gasteiger partial charge in [0.2, 0.25) is 5.91 Å². The van der Waals surface area contributed by atoms with Gasteiger partial charge in [0.1, 0.15) is 0 Å². The van der Waals surface area contributed by atoms with Crippen molar-refractivity contribution in [3.63, 3.8) is 0 Å². The second kappa shape index (κ2) is 3.07. The molecule has 1 heterocycles. The third kappa shape index (κ3) is 1.53. The quantitative estimate of drug-likeness (QED) is 0.703. The predicted octanol–water partition coefficient (Wildman–Crippen LogP) is 1.51. The predicted molar refractivity (Wildman–Crippen MR) is 56.8 cm³/mol. The summed E-state index contributed by atoms with van der Waals surface area (Å²) in [6.45, 7) is 1.54. The summed E-state index contributed by atoms with van der Waals surface area (Å²) in [6.07, 6.45) is 2.77. The second-order valence-corrected chi connectivity index (χ2v) is 4.25. The highest BCUT2D eigenvalue weighted by molar-refractivity contribution is 5.89. The number of carbonyl (C=O) groups excluding carboxylic acids is 1. The van der Waals surface area contributed by atoms with Gasteiger partial charge in [-0.25, -0.2) is 0 Å². The van der Waals surface area contributed by atoms with Crippen molar-refractivity contribution in [1.82, 2.24) is 0 Å². The number of carbonyl (C=O) groups is 1. The number of benzene rings is 1. The molecule has 1 amide bonds. The maximum absolute atomic E-state index is 11.0. The smallest absolute Gasteiger partial charge is 0.221 e. The zero-order chi connectivity index (χ0) is 10.4. The lowest BCUT2D eigenvalue weighted by molar-refractivity contribution is -0.114. The van der Waals surface area contributed by atoms with Crippen molar-refractivity contribution in [2.75, 3.05) is 5.32 Å². The van der Waals surface area contributed by atoms with Gasteiger partial charge >= 0.3 is 0 Å². The fourth-order valence-corrected chi connectivity index (χ4v) is 2.33. The average Bonchev–Trinajstić information content (AvgIpc) is 2.92. The van der Waals surface area contributed by atoms with Crippen LogP contribution in [0.3, 0.4) is 0 Å². The first-order chi connectivity index (χ1) is 7.24. The first-order valence-corrected chi connectivity index (χ1v) is 5.28. The normalized spacial score (nSPS) is 26.5. The van der Waals surface area contributed by atoms with Gasteiger partial charge in [-0.2, -0.15) is 0 Å². The van der Waals surface area contributed by atoms with Gasteiger partial charge in [0.05, 0.1) is 12.2 Å². The van der Waals surface area contributed by atoms with E-state index in [2.05, 4.69) is 11.4 Å². The number of rotatable bonds is 1. The van der Waals surface area contributed by atoms with Gasteiger partial charge in [-0.05, 0) is 17.2 Å². The Hall–Kier alpha value is -1.35. The molecule has 3 heteroatoms. The molecule has 2 aliphatic rings. The zero-order valence-corrected chi connectivity index (χ0v) is 8.62. The van der Waals surface area contributed by atoms with E-state index in [1.165, 1.54) is 11.1 Å². The molecule has 15 heavy (non-hydrogen) atoms. The van der Waals surface area contributed by atoms with E-state index < -0.39 is 0 Å². The monoisotopic (exact) mass is 203 g/mol. The Morgan fingerprint density at radius 2 is 2.20 bits per heavy atom. The summed E-state index contributed by atoms with van der Waals surface area (Å²) in [6, 6.07) is 6.08. The van der Waals surface area contributed by atoms with Crippen LogP contribution in [0.5, 0.6) is 0 Å². The summed E-state index contributed by atoms with van der Waals surface area (Å²) in [5, 5.41) is 2.88. The van der Waals surface area contributed by atoms with Crippen LogP contribution in [-0.2, 0) is 22.4 Å². The van der Waals surface area contributed by atoms with E-state index in [0.717, 1.165) is 18.5 Å². The van der Waals surface area contributed by atoms with E-state index >= 15 is 0 Å². The van der Waals surface area contributed by atoms with Gasteiger partial charge in [0.25, 0.3) is 0 Å². The fourth-order valence-electron chi connectivity index (χ4n) is 2.33. The lowest BCUT2D eigenvalue weighted by Gasteiger charge is -2.16. The van der Waals surface area contributed by atoms with Crippen LogP contribution in [0.1, 0.15) is 18.1 Å². The molecule has 1 aliphatic heterocycles. The van der Waals surface area contributed by atoms with Gasteiger partial charge in [-0.1, -0.05) is 12.1 Å². The molecule has 1 aromatic carbocycles. The Balaban J connectivity index is 1.98. The SMILES string of the molecule is CC(=O)Nc1cccc2c1C[C@@H]1O[C@H]1C2. The van der Waals surface area contributed by atoms with Gasteiger partial charge in [0, 0.05) is 25.5 Å². The molecular weight excluding hydrogens is 190 g/mol. The van der Waals surface area contributed by atoms with E-state index in [9.17, 15) is 4.79 Å². The highest BCUT2D eigenvalue weighted by atomic mass is 16.6. The second-order valence-electron chi connectivity index (χ2n) is 4.25. The van der Waals surface area contributed by atoms with Crippen LogP contribution in [-0.4, -0.2) is 18.1 Å². The summed E-state index contributed by atoms with van der Waals surface area (Å²) in [5.74, 6) is -0.0118.